The zero-order valence-corrected chi connectivity index (χ0v) is 11.6. The Kier molecular flexibility index (Phi) is 3.81. The normalized spacial score (nSPS) is 12.7. The molecule has 17 heavy (non-hydrogen) atoms. The molecule has 1 aromatic heterocycles. The highest BCUT2D eigenvalue weighted by Gasteiger charge is 2.09. The van der Waals surface area contributed by atoms with Crippen molar-refractivity contribution in [3.8, 4) is 5.69 Å². The molecule has 0 amide bonds. The van der Waals surface area contributed by atoms with Crippen LogP contribution in [0, 0.1) is 0 Å². The van der Waals surface area contributed by atoms with Gasteiger partial charge in [-0.1, -0.05) is 23.7 Å². The maximum Gasteiger partial charge on any atom is 0.0998 e. The van der Waals surface area contributed by atoms with Crippen LogP contribution >= 0.6 is 27.5 Å². The van der Waals surface area contributed by atoms with E-state index >= 15 is 0 Å². The summed E-state index contributed by atoms with van der Waals surface area (Å²) in [5.74, 6) is 0. The highest BCUT2D eigenvalue weighted by Crippen LogP contribution is 2.24. The predicted octanol–water partition coefficient (Wildman–Crippen LogP) is 3.09. The van der Waals surface area contributed by atoms with Gasteiger partial charge in [0.15, 0.2) is 0 Å². The molecule has 0 saturated carbocycles. The zero-order valence-electron chi connectivity index (χ0n) is 9.27. The van der Waals surface area contributed by atoms with Crippen LogP contribution in [-0.4, -0.2) is 15.0 Å². The molecule has 0 fully saturated rings. The number of hydrogen-bond donors (Lipinski definition) is 1. The van der Waals surface area contributed by atoms with Gasteiger partial charge in [-0.2, -0.15) is 0 Å². The second-order valence-electron chi connectivity index (χ2n) is 3.70. The minimum atomic E-state index is -0.0699. The van der Waals surface area contributed by atoms with Crippen LogP contribution in [0.25, 0.3) is 5.69 Å². The summed E-state index contributed by atoms with van der Waals surface area (Å²) in [6, 6.07) is 5.50. The van der Waals surface area contributed by atoms with Gasteiger partial charge in [0, 0.05) is 4.47 Å². The Morgan fingerprint density at radius 3 is 2.94 bits per heavy atom. The molecule has 2 N–H and O–H groups in total. The maximum absolute atomic E-state index is 5.93. The second-order valence-corrected chi connectivity index (χ2v) is 4.96. The van der Waals surface area contributed by atoms with E-state index in [9.17, 15) is 0 Å². The second kappa shape index (κ2) is 5.16. The number of aromatic nitrogens is 3. The molecular formula is C11H12BrClN4. The first-order chi connectivity index (χ1) is 8.11. The molecule has 4 nitrogen and oxygen atoms in total. The Bertz CT molecular complexity index is 526. The summed E-state index contributed by atoms with van der Waals surface area (Å²) in [7, 11) is 0. The lowest BCUT2D eigenvalue weighted by Gasteiger charge is -2.03. The fraction of sp³-hybridized carbons (Fsp3) is 0.273. The van der Waals surface area contributed by atoms with E-state index in [1.54, 1.807) is 4.68 Å². The molecule has 90 valence electrons. The quantitative estimate of drug-likeness (QED) is 0.947. The molecular weight excluding hydrogens is 304 g/mol. The van der Waals surface area contributed by atoms with E-state index in [2.05, 4.69) is 26.2 Å². The predicted molar refractivity (Wildman–Crippen MR) is 71.3 cm³/mol. The van der Waals surface area contributed by atoms with Crippen molar-refractivity contribution >= 4 is 27.5 Å². The first-order valence-electron chi connectivity index (χ1n) is 5.25. The smallest absolute Gasteiger partial charge is 0.0998 e. The van der Waals surface area contributed by atoms with Gasteiger partial charge in [-0.25, -0.2) is 4.68 Å². The Balaban J connectivity index is 2.33. The van der Waals surface area contributed by atoms with Crippen molar-refractivity contribution in [1.29, 1.82) is 0 Å². The molecule has 0 radical (unpaired) electrons. The molecule has 0 spiro atoms. The van der Waals surface area contributed by atoms with Crippen LogP contribution in [0.3, 0.4) is 0 Å². The summed E-state index contributed by atoms with van der Waals surface area (Å²) >= 11 is 9.31. The number of nitrogens with two attached hydrogens (primary N) is 1. The molecule has 1 aromatic carbocycles. The molecule has 0 aliphatic rings. The summed E-state index contributed by atoms with van der Waals surface area (Å²) in [4.78, 5) is 0. The summed E-state index contributed by atoms with van der Waals surface area (Å²) in [5, 5.41) is 8.77. The lowest BCUT2D eigenvalue weighted by atomic mass is 10.2. The van der Waals surface area contributed by atoms with Gasteiger partial charge >= 0.3 is 0 Å². The summed E-state index contributed by atoms with van der Waals surface area (Å²) in [5.41, 5.74) is 7.58. The fourth-order valence-corrected chi connectivity index (χ4v) is 1.89. The van der Waals surface area contributed by atoms with Gasteiger partial charge in [-0.3, -0.25) is 0 Å². The molecule has 1 unspecified atom stereocenters. The van der Waals surface area contributed by atoms with Gasteiger partial charge in [0.1, 0.15) is 0 Å². The van der Waals surface area contributed by atoms with Gasteiger partial charge < -0.3 is 5.73 Å². The molecule has 0 bridgehead atoms. The van der Waals surface area contributed by atoms with E-state index in [1.807, 2.05) is 31.3 Å². The van der Waals surface area contributed by atoms with E-state index in [0.29, 0.717) is 5.02 Å². The van der Waals surface area contributed by atoms with Crippen LogP contribution in [0.1, 0.15) is 25.1 Å². The minimum absolute atomic E-state index is 0.0699. The van der Waals surface area contributed by atoms with Crippen molar-refractivity contribution in [3.05, 3.63) is 39.6 Å². The van der Waals surface area contributed by atoms with E-state index in [1.165, 1.54) is 0 Å². The van der Waals surface area contributed by atoms with Gasteiger partial charge in [0.2, 0.25) is 0 Å². The Morgan fingerprint density at radius 1 is 1.53 bits per heavy atom. The Labute approximate surface area is 113 Å². The summed E-state index contributed by atoms with van der Waals surface area (Å²) in [6.45, 7) is 2.02. The monoisotopic (exact) mass is 314 g/mol. The van der Waals surface area contributed by atoms with Crippen LogP contribution in [0.15, 0.2) is 28.9 Å². The number of rotatable bonds is 3. The van der Waals surface area contributed by atoms with Crippen LogP contribution < -0.4 is 5.73 Å². The van der Waals surface area contributed by atoms with Crippen molar-refractivity contribution in [2.45, 2.75) is 19.4 Å². The molecule has 1 atom stereocenters. The molecule has 2 aromatic rings. The van der Waals surface area contributed by atoms with Crippen molar-refractivity contribution < 1.29 is 0 Å². The third-order valence-corrected chi connectivity index (χ3v) is 3.71. The Hall–Kier alpha value is -0.910. The summed E-state index contributed by atoms with van der Waals surface area (Å²) in [6.07, 6.45) is 2.67. The van der Waals surface area contributed by atoms with Gasteiger partial charge in [-0.15, -0.1) is 5.10 Å². The fourth-order valence-electron chi connectivity index (χ4n) is 1.41. The first kappa shape index (κ1) is 12.5. The first-order valence-corrected chi connectivity index (χ1v) is 6.42. The molecule has 0 aliphatic heterocycles. The van der Waals surface area contributed by atoms with E-state index in [-0.39, 0.29) is 6.04 Å². The number of nitrogens with zero attached hydrogens (tertiary/aromatic N) is 3. The van der Waals surface area contributed by atoms with Crippen molar-refractivity contribution in [2.24, 2.45) is 5.73 Å². The molecule has 0 aliphatic carbocycles. The molecule has 1 heterocycles. The van der Waals surface area contributed by atoms with E-state index in [0.717, 1.165) is 22.3 Å². The third-order valence-electron chi connectivity index (χ3n) is 2.50. The van der Waals surface area contributed by atoms with Crippen LogP contribution in [-0.2, 0) is 0 Å². The number of hydrogen-bond acceptors (Lipinski definition) is 3. The average Bonchev–Trinajstić information content (AvgIpc) is 2.81. The van der Waals surface area contributed by atoms with Gasteiger partial charge in [0.05, 0.1) is 28.6 Å². The third kappa shape index (κ3) is 2.68. The minimum Gasteiger partial charge on any atom is -0.323 e. The van der Waals surface area contributed by atoms with Crippen molar-refractivity contribution in [2.75, 3.05) is 0 Å². The number of benzene rings is 1. The van der Waals surface area contributed by atoms with Crippen molar-refractivity contribution in [1.82, 2.24) is 15.0 Å². The largest absolute Gasteiger partial charge is 0.323 e. The topological polar surface area (TPSA) is 56.7 Å². The Morgan fingerprint density at radius 2 is 2.29 bits per heavy atom. The van der Waals surface area contributed by atoms with E-state index in [4.69, 9.17) is 17.3 Å². The zero-order chi connectivity index (χ0) is 12.4. The van der Waals surface area contributed by atoms with E-state index < -0.39 is 0 Å². The van der Waals surface area contributed by atoms with Crippen LogP contribution in [0.5, 0.6) is 0 Å². The van der Waals surface area contributed by atoms with Crippen molar-refractivity contribution in [3.63, 3.8) is 0 Å². The molecule has 6 heteroatoms. The number of halogens is 2. The van der Waals surface area contributed by atoms with Crippen LogP contribution in [0.4, 0.5) is 0 Å². The van der Waals surface area contributed by atoms with Gasteiger partial charge in [-0.05, 0) is 40.5 Å². The standard InChI is InChI=1S/C11H12BrClN4/c1-2-10(14)11-6-17(16-15-11)7-3-4-9(13)8(12)5-7/h3-6,10H,2,14H2,1H3. The average molecular weight is 316 g/mol. The highest BCUT2D eigenvalue weighted by atomic mass is 79.9. The maximum atomic E-state index is 5.93. The lowest BCUT2D eigenvalue weighted by molar-refractivity contribution is 0.670. The summed E-state index contributed by atoms with van der Waals surface area (Å²) < 4.78 is 2.51. The molecule has 0 saturated heterocycles. The lowest BCUT2D eigenvalue weighted by Crippen LogP contribution is -2.08. The molecule has 2 rings (SSSR count). The highest BCUT2D eigenvalue weighted by molar-refractivity contribution is 9.10. The van der Waals surface area contributed by atoms with Crippen LogP contribution in [0.2, 0.25) is 5.02 Å². The SMILES string of the molecule is CCC(N)c1cn(-c2ccc(Cl)c(Br)c2)nn1. The van der Waals surface area contributed by atoms with Gasteiger partial charge in [0.25, 0.3) is 0 Å².